The molecule has 41 heavy (non-hydrogen) atoms. The summed E-state index contributed by atoms with van der Waals surface area (Å²) >= 11 is 0. The summed E-state index contributed by atoms with van der Waals surface area (Å²) in [6.45, 7) is 4.52. The molecule has 0 bridgehead atoms. The fraction of sp³-hybridized carbons (Fsp3) is 0.882. The van der Waals surface area contributed by atoms with Crippen LogP contribution in [0.15, 0.2) is 9.98 Å². The first kappa shape index (κ1) is 44.8. The average Bonchev–Trinajstić information content (AvgIpc) is 2.94. The third-order valence-electron chi connectivity index (χ3n) is 7.34. The summed E-state index contributed by atoms with van der Waals surface area (Å²) in [6.07, 6.45) is 34.6. The smallest absolute Gasteiger partial charge is 0.422 e. The van der Waals surface area contributed by atoms with Gasteiger partial charge in [0.05, 0.1) is 0 Å². The minimum atomic E-state index is -0.268. The molecule has 0 unspecified atom stereocenters. The number of hydrogen-bond acceptors (Lipinski definition) is 2. The molecule has 0 aliphatic heterocycles. The van der Waals surface area contributed by atoms with Gasteiger partial charge >= 0.3 is 37.7 Å². The minimum Gasteiger partial charge on any atom is -0.422 e. The second kappa shape index (κ2) is 41.5. The Kier molecular flexibility index (Phi) is 45.3. The monoisotopic (exact) mass is 598 g/mol. The van der Waals surface area contributed by atoms with Crippen molar-refractivity contribution in [2.45, 2.75) is 194 Å². The number of carbonyl (C=O) groups is 2. The van der Waals surface area contributed by atoms with Crippen LogP contribution in [0.25, 0.3) is 10.8 Å². The van der Waals surface area contributed by atoms with Crippen molar-refractivity contribution >= 4 is 61.6 Å². The fourth-order valence-corrected chi connectivity index (χ4v) is 4.81. The van der Waals surface area contributed by atoms with Crippen LogP contribution in [-0.2, 0) is 9.59 Å². The molecule has 0 fully saturated rings. The van der Waals surface area contributed by atoms with E-state index in [2.05, 4.69) is 23.8 Å². The Labute approximate surface area is 283 Å². The van der Waals surface area contributed by atoms with Gasteiger partial charge in [-0.25, -0.2) is 0 Å². The van der Waals surface area contributed by atoms with Gasteiger partial charge in [-0.3, -0.25) is 9.59 Å². The molecule has 6 nitrogen and oxygen atoms in total. The van der Waals surface area contributed by atoms with E-state index in [1.807, 2.05) is 0 Å². The number of amides is 2. The number of hydrogen-bond donors (Lipinski definition) is 0. The van der Waals surface area contributed by atoms with E-state index in [9.17, 15) is 9.59 Å². The second-order valence-electron chi connectivity index (χ2n) is 11.2. The first-order valence-electron chi connectivity index (χ1n) is 16.9. The average molecular weight is 599 g/mol. The Hall–Kier alpha value is -0.640. The molecule has 7 heteroatoms. The Morgan fingerprint density at radius 3 is 0.805 bits per heavy atom. The topological polar surface area (TPSA) is 103 Å². The van der Waals surface area contributed by atoms with Crippen molar-refractivity contribution in [3.63, 3.8) is 0 Å². The molecule has 0 radical (unpaired) electrons. The van der Waals surface area contributed by atoms with E-state index in [1.165, 1.54) is 153 Å². The predicted molar refractivity (Wildman–Crippen MR) is 178 cm³/mol. The molecule has 0 saturated heterocycles. The van der Waals surface area contributed by atoms with Gasteiger partial charge in [0.15, 0.2) is 11.8 Å². The molecule has 0 aromatic carbocycles. The first-order valence-corrected chi connectivity index (χ1v) is 16.9. The van der Waals surface area contributed by atoms with E-state index in [-0.39, 0.29) is 49.6 Å². The third-order valence-corrected chi connectivity index (χ3v) is 7.34. The molecule has 0 atom stereocenters. The van der Waals surface area contributed by atoms with E-state index in [0.29, 0.717) is 12.8 Å². The SMILES string of the molecule is CCCCCCCCCCCCCCCC(=O)N=C=[N-].CCCCCCCCCCCCCCCC(=O)N=C=[N-].[Ca+2]. The maximum absolute atomic E-state index is 11.0. The van der Waals surface area contributed by atoms with E-state index in [4.69, 9.17) is 10.8 Å². The number of rotatable bonds is 28. The summed E-state index contributed by atoms with van der Waals surface area (Å²) < 4.78 is 0. The number of aliphatic imine (C=N–C) groups is 2. The van der Waals surface area contributed by atoms with Crippen molar-refractivity contribution < 1.29 is 9.59 Å². The summed E-state index contributed by atoms with van der Waals surface area (Å²) in [5.74, 6) is -0.536. The molecule has 0 aromatic heterocycles. The summed E-state index contributed by atoms with van der Waals surface area (Å²) in [6, 6.07) is 3.08. The molecule has 2 amide bonds. The molecule has 0 saturated carbocycles. The maximum Gasteiger partial charge on any atom is 2.00 e. The molecular formula is C34H62CaN4O2. The van der Waals surface area contributed by atoms with Crippen LogP contribution in [0, 0.1) is 0 Å². The van der Waals surface area contributed by atoms with Crippen LogP contribution in [0.3, 0.4) is 0 Å². The molecule has 0 heterocycles. The fourth-order valence-electron chi connectivity index (χ4n) is 4.81. The van der Waals surface area contributed by atoms with E-state index in [0.717, 1.165) is 25.7 Å². The normalized spacial score (nSPS) is 10.0. The quantitative estimate of drug-likeness (QED) is 0.0507. The van der Waals surface area contributed by atoms with Gasteiger partial charge < -0.3 is 20.8 Å². The summed E-state index contributed by atoms with van der Waals surface area (Å²) in [7, 11) is 0. The van der Waals surface area contributed by atoms with Gasteiger partial charge in [0.1, 0.15) is 0 Å². The Balaban J connectivity index is -0.000000688. The van der Waals surface area contributed by atoms with E-state index < -0.39 is 0 Å². The minimum absolute atomic E-state index is 0. The first-order chi connectivity index (χ1) is 19.6. The standard InChI is InChI=1S/2C17H31N2O.Ca/c2*1-2-3-4-5-6-7-8-9-10-11-12-13-14-15-17(20)19-16-18;/h2*2-15H2,1H3;/q2*-1;+2. The molecule has 0 spiro atoms. The second-order valence-corrected chi connectivity index (χ2v) is 11.2. The van der Waals surface area contributed by atoms with E-state index >= 15 is 0 Å². The zero-order valence-corrected chi connectivity index (χ0v) is 29.3. The van der Waals surface area contributed by atoms with Crippen molar-refractivity contribution in [3.05, 3.63) is 10.8 Å². The molecule has 0 aromatic rings. The Bertz CT molecular complexity index is 603. The van der Waals surface area contributed by atoms with Crippen LogP contribution >= 0.6 is 0 Å². The molecule has 232 valence electrons. The van der Waals surface area contributed by atoms with Gasteiger partial charge in [-0.1, -0.05) is 168 Å². The maximum atomic E-state index is 11.0. The van der Waals surface area contributed by atoms with Gasteiger partial charge in [-0.15, -0.1) is 12.0 Å². The Morgan fingerprint density at radius 2 is 0.610 bits per heavy atom. The molecule has 0 aliphatic carbocycles. The molecule has 0 rings (SSSR count). The van der Waals surface area contributed by atoms with Crippen molar-refractivity contribution in [3.8, 4) is 0 Å². The van der Waals surface area contributed by atoms with Crippen LogP contribution in [0.4, 0.5) is 0 Å². The summed E-state index contributed by atoms with van der Waals surface area (Å²) in [5.41, 5.74) is 0. The predicted octanol–water partition coefficient (Wildman–Crippen LogP) is 11.1. The van der Waals surface area contributed by atoms with Gasteiger partial charge in [0, 0.05) is 12.8 Å². The van der Waals surface area contributed by atoms with Gasteiger partial charge in [-0.05, 0) is 12.8 Å². The van der Waals surface area contributed by atoms with Crippen LogP contribution < -0.4 is 0 Å². The number of carbonyl (C=O) groups excluding carboxylic acids is 2. The number of nitrogens with zero attached hydrogens (tertiary/aromatic N) is 4. The Morgan fingerprint density at radius 1 is 0.415 bits per heavy atom. The van der Waals surface area contributed by atoms with Gasteiger partial charge in [0.25, 0.3) is 0 Å². The van der Waals surface area contributed by atoms with Crippen molar-refractivity contribution in [1.82, 2.24) is 0 Å². The van der Waals surface area contributed by atoms with Crippen molar-refractivity contribution in [1.29, 1.82) is 0 Å². The summed E-state index contributed by atoms with van der Waals surface area (Å²) in [4.78, 5) is 28.3. The molecule has 0 aliphatic rings. The van der Waals surface area contributed by atoms with Crippen molar-refractivity contribution in [2.24, 2.45) is 9.98 Å². The van der Waals surface area contributed by atoms with Gasteiger partial charge in [0.2, 0.25) is 0 Å². The largest absolute Gasteiger partial charge is 2.00 e. The van der Waals surface area contributed by atoms with E-state index in [1.54, 1.807) is 0 Å². The van der Waals surface area contributed by atoms with Crippen LogP contribution in [0.5, 0.6) is 0 Å². The van der Waals surface area contributed by atoms with Crippen LogP contribution in [0.1, 0.15) is 194 Å². The molecule has 0 N–H and O–H groups in total. The summed E-state index contributed by atoms with van der Waals surface area (Å²) in [5, 5.41) is 16.4. The molecular weight excluding hydrogens is 536 g/mol. The zero-order valence-electron chi connectivity index (χ0n) is 27.1. The van der Waals surface area contributed by atoms with Gasteiger partial charge in [-0.2, -0.15) is 0 Å². The number of unbranched alkanes of at least 4 members (excludes halogenated alkanes) is 24. The van der Waals surface area contributed by atoms with Crippen molar-refractivity contribution in [2.75, 3.05) is 0 Å². The van der Waals surface area contributed by atoms with Crippen LogP contribution in [-0.4, -0.2) is 61.6 Å². The zero-order chi connectivity index (χ0) is 29.8. The third kappa shape index (κ3) is 43.9. The van der Waals surface area contributed by atoms with Crippen LogP contribution in [0.2, 0.25) is 0 Å².